The van der Waals surface area contributed by atoms with Crippen LogP contribution in [0, 0.1) is 0 Å². The zero-order valence-electron chi connectivity index (χ0n) is 18.7. The summed E-state index contributed by atoms with van der Waals surface area (Å²) in [5.41, 5.74) is 0.772. The van der Waals surface area contributed by atoms with E-state index in [1.807, 2.05) is 66.7 Å². The van der Waals surface area contributed by atoms with Gasteiger partial charge in [0.05, 0.1) is 33.5 Å². The first-order valence-electron chi connectivity index (χ1n) is 10.4. The number of nitrogens with zero attached hydrogens (tertiary/aromatic N) is 1. The van der Waals surface area contributed by atoms with Crippen LogP contribution in [0.1, 0.15) is 0 Å². The Morgan fingerprint density at radius 2 is 1.36 bits per heavy atom. The number of hydrogen-bond acceptors (Lipinski definition) is 7. The summed E-state index contributed by atoms with van der Waals surface area (Å²) in [7, 11) is 4.87. The Morgan fingerprint density at radius 3 is 2.06 bits per heavy atom. The Balaban J connectivity index is 1.36. The third kappa shape index (κ3) is 5.62. The number of thioether (sulfide) groups is 1. The Bertz CT molecular complexity index is 1200. The molecule has 0 N–H and O–H groups in total. The highest BCUT2D eigenvalue weighted by molar-refractivity contribution is 7.99. The van der Waals surface area contributed by atoms with Gasteiger partial charge in [0, 0.05) is 28.3 Å². The van der Waals surface area contributed by atoms with Crippen molar-refractivity contribution in [2.45, 2.75) is 4.90 Å². The van der Waals surface area contributed by atoms with Gasteiger partial charge in [-0.05, 0) is 60.7 Å². The van der Waals surface area contributed by atoms with Gasteiger partial charge < -0.3 is 23.7 Å². The monoisotopic (exact) mass is 463 g/mol. The van der Waals surface area contributed by atoms with Crippen molar-refractivity contribution in [1.82, 2.24) is 4.98 Å². The summed E-state index contributed by atoms with van der Waals surface area (Å²) < 4.78 is 27.9. The van der Waals surface area contributed by atoms with E-state index in [0.717, 1.165) is 38.8 Å². The van der Waals surface area contributed by atoms with Crippen LogP contribution in [0.5, 0.6) is 34.5 Å². The van der Waals surface area contributed by atoms with Gasteiger partial charge >= 0.3 is 0 Å². The lowest BCUT2D eigenvalue weighted by Gasteiger charge is -2.12. The van der Waals surface area contributed by atoms with Crippen molar-refractivity contribution in [3.05, 3.63) is 72.9 Å². The van der Waals surface area contributed by atoms with Gasteiger partial charge in [-0.15, -0.1) is 11.8 Å². The lowest BCUT2D eigenvalue weighted by Crippen LogP contribution is -1.99. The fourth-order valence-electron chi connectivity index (χ4n) is 3.26. The summed E-state index contributed by atoms with van der Waals surface area (Å²) in [6, 6.07) is 21.2. The SMILES string of the molecule is COc1ccc(OCCSc2ccc(Oc3ccnc4cc(OC)c(OC)cc34)cc2)cc1. The predicted octanol–water partition coefficient (Wildman–Crippen LogP) is 6.22. The molecule has 3 aromatic carbocycles. The number of hydrogen-bond donors (Lipinski definition) is 0. The number of fused-ring (bicyclic) bond motifs is 1. The molecule has 0 aliphatic heterocycles. The highest BCUT2D eigenvalue weighted by Gasteiger charge is 2.11. The van der Waals surface area contributed by atoms with Gasteiger partial charge in [-0.3, -0.25) is 4.98 Å². The minimum atomic E-state index is 0.615. The van der Waals surface area contributed by atoms with E-state index in [1.165, 1.54) is 0 Å². The maximum Gasteiger partial charge on any atom is 0.162 e. The van der Waals surface area contributed by atoms with Gasteiger partial charge in [-0.25, -0.2) is 0 Å². The second-order valence-corrected chi connectivity index (χ2v) is 8.15. The van der Waals surface area contributed by atoms with Gasteiger partial charge in [0.15, 0.2) is 11.5 Å². The van der Waals surface area contributed by atoms with Crippen LogP contribution in [0.2, 0.25) is 0 Å². The first-order valence-corrected chi connectivity index (χ1v) is 11.4. The molecule has 7 heteroatoms. The van der Waals surface area contributed by atoms with E-state index in [2.05, 4.69) is 4.98 Å². The molecule has 0 fully saturated rings. The van der Waals surface area contributed by atoms with Gasteiger partial charge in [0.2, 0.25) is 0 Å². The summed E-state index contributed by atoms with van der Waals surface area (Å²) in [5.74, 6) is 5.20. The highest BCUT2D eigenvalue weighted by atomic mass is 32.2. The molecule has 0 saturated carbocycles. The maximum absolute atomic E-state index is 6.14. The molecule has 1 heterocycles. The first-order chi connectivity index (χ1) is 16.2. The van der Waals surface area contributed by atoms with Crippen LogP contribution in [0.25, 0.3) is 10.9 Å². The molecular weight excluding hydrogens is 438 g/mol. The molecule has 170 valence electrons. The van der Waals surface area contributed by atoms with Crippen LogP contribution >= 0.6 is 11.8 Å². The van der Waals surface area contributed by atoms with Gasteiger partial charge in [-0.1, -0.05) is 0 Å². The number of aromatic nitrogens is 1. The van der Waals surface area contributed by atoms with Crippen LogP contribution in [0.15, 0.2) is 77.8 Å². The molecule has 0 radical (unpaired) electrons. The van der Waals surface area contributed by atoms with Crippen molar-refractivity contribution < 1.29 is 23.7 Å². The topological polar surface area (TPSA) is 59.0 Å². The summed E-state index contributed by atoms with van der Waals surface area (Å²) in [6.07, 6.45) is 1.72. The standard InChI is InChI=1S/C26H25NO5S/c1-28-18-4-6-19(7-5-18)31-14-15-33-21-10-8-20(9-11-21)32-24-12-13-27-23-17-26(30-3)25(29-2)16-22(23)24/h4-13,16-17H,14-15H2,1-3H3. The zero-order valence-corrected chi connectivity index (χ0v) is 19.6. The van der Waals surface area contributed by atoms with Crippen LogP contribution in [0.3, 0.4) is 0 Å². The molecule has 0 aliphatic rings. The number of rotatable bonds is 10. The number of pyridine rings is 1. The zero-order chi connectivity index (χ0) is 23.0. The van der Waals surface area contributed by atoms with Gasteiger partial charge in [0.25, 0.3) is 0 Å². The van der Waals surface area contributed by atoms with Crippen LogP contribution in [0.4, 0.5) is 0 Å². The average molecular weight is 464 g/mol. The molecule has 0 amide bonds. The Hall–Kier alpha value is -3.58. The summed E-state index contributed by atoms with van der Waals surface area (Å²) in [4.78, 5) is 5.56. The summed E-state index contributed by atoms with van der Waals surface area (Å²) >= 11 is 1.73. The molecule has 33 heavy (non-hydrogen) atoms. The van der Waals surface area contributed by atoms with Crippen molar-refractivity contribution in [3.8, 4) is 34.5 Å². The Morgan fingerprint density at radius 1 is 0.697 bits per heavy atom. The number of methoxy groups -OCH3 is 3. The fraction of sp³-hybridized carbons (Fsp3) is 0.192. The maximum atomic E-state index is 6.14. The van der Waals surface area contributed by atoms with Crippen molar-refractivity contribution in [2.24, 2.45) is 0 Å². The molecule has 0 unspecified atom stereocenters. The van der Waals surface area contributed by atoms with Crippen LogP contribution in [-0.2, 0) is 0 Å². The van der Waals surface area contributed by atoms with Gasteiger partial charge in [0.1, 0.15) is 23.0 Å². The first kappa shape index (κ1) is 22.6. The third-order valence-electron chi connectivity index (χ3n) is 4.94. The highest BCUT2D eigenvalue weighted by Crippen LogP contribution is 2.37. The number of ether oxygens (including phenoxy) is 5. The van der Waals surface area contributed by atoms with E-state index in [4.69, 9.17) is 23.7 Å². The molecule has 0 spiro atoms. The smallest absolute Gasteiger partial charge is 0.162 e. The lowest BCUT2D eigenvalue weighted by molar-refractivity contribution is 0.342. The molecule has 0 aliphatic carbocycles. The largest absolute Gasteiger partial charge is 0.497 e. The molecule has 0 bridgehead atoms. The lowest BCUT2D eigenvalue weighted by atomic mass is 10.2. The van der Waals surface area contributed by atoms with Crippen molar-refractivity contribution >= 4 is 22.7 Å². The summed E-state index contributed by atoms with van der Waals surface area (Å²) in [6.45, 7) is 0.615. The van der Waals surface area contributed by atoms with E-state index in [9.17, 15) is 0 Å². The van der Waals surface area contributed by atoms with Crippen molar-refractivity contribution in [3.63, 3.8) is 0 Å². The third-order valence-corrected chi connectivity index (χ3v) is 5.91. The van der Waals surface area contributed by atoms with E-state index in [0.29, 0.717) is 23.9 Å². The minimum Gasteiger partial charge on any atom is -0.497 e. The van der Waals surface area contributed by atoms with E-state index >= 15 is 0 Å². The van der Waals surface area contributed by atoms with E-state index in [1.54, 1.807) is 39.3 Å². The normalized spacial score (nSPS) is 10.6. The van der Waals surface area contributed by atoms with E-state index < -0.39 is 0 Å². The molecule has 0 saturated heterocycles. The molecule has 4 rings (SSSR count). The molecule has 6 nitrogen and oxygen atoms in total. The minimum absolute atomic E-state index is 0.615. The molecule has 4 aromatic rings. The van der Waals surface area contributed by atoms with Crippen molar-refractivity contribution in [1.29, 1.82) is 0 Å². The molecule has 1 aromatic heterocycles. The second-order valence-electron chi connectivity index (χ2n) is 6.98. The average Bonchev–Trinajstić information content (AvgIpc) is 2.87. The quantitative estimate of drug-likeness (QED) is 0.204. The number of benzene rings is 3. The molecular formula is C26H25NO5S. The Labute approximate surface area is 197 Å². The Kier molecular flexibility index (Phi) is 7.42. The van der Waals surface area contributed by atoms with Crippen molar-refractivity contribution in [2.75, 3.05) is 33.7 Å². The molecule has 0 atom stereocenters. The van der Waals surface area contributed by atoms with Crippen LogP contribution in [-0.4, -0.2) is 38.7 Å². The fourth-order valence-corrected chi connectivity index (χ4v) is 3.99. The van der Waals surface area contributed by atoms with E-state index in [-0.39, 0.29) is 0 Å². The predicted molar refractivity (Wildman–Crippen MR) is 131 cm³/mol. The van der Waals surface area contributed by atoms with Gasteiger partial charge in [-0.2, -0.15) is 0 Å². The summed E-state index contributed by atoms with van der Waals surface area (Å²) in [5, 5.41) is 0.851. The second kappa shape index (κ2) is 10.8. The van der Waals surface area contributed by atoms with Crippen LogP contribution < -0.4 is 23.7 Å².